The summed E-state index contributed by atoms with van der Waals surface area (Å²) in [6.07, 6.45) is -10.8. The number of hydrogen-bond donors (Lipinski definition) is 1. The van der Waals surface area contributed by atoms with Gasteiger partial charge in [0.25, 0.3) is 0 Å². The molecule has 0 aromatic carbocycles. The molecule has 3 nitrogen and oxygen atoms in total. The average Bonchev–Trinajstić information content (AvgIpc) is 2.17. The van der Waals surface area contributed by atoms with Crippen molar-refractivity contribution in [3.05, 3.63) is 23.3 Å². The second-order valence-electron chi connectivity index (χ2n) is 2.96. The minimum Gasteiger partial charge on any atom is -0.402 e. The lowest BCUT2D eigenvalue weighted by Crippen LogP contribution is -2.23. The van der Waals surface area contributed by atoms with Gasteiger partial charge in [-0.15, -0.1) is 13.2 Å². The minimum absolute atomic E-state index is 0.0991. The van der Waals surface area contributed by atoms with Crippen molar-refractivity contribution in [2.45, 2.75) is 19.1 Å². The molecule has 0 saturated heterocycles. The molecule has 0 radical (unpaired) electrons. The second kappa shape index (κ2) is 4.59. The molecule has 0 aliphatic carbocycles. The molecule has 1 aromatic rings. The molecule has 1 rings (SSSR count). The zero-order valence-electron chi connectivity index (χ0n) is 8.23. The maximum atomic E-state index is 13.0. The number of ether oxygens (including phenoxy) is 1. The van der Waals surface area contributed by atoms with Crippen LogP contribution in [0.3, 0.4) is 0 Å². The number of nitrogens with zero attached hydrogens (tertiary/aromatic N) is 1. The molecule has 10 heteroatoms. The van der Waals surface area contributed by atoms with Crippen LogP contribution in [-0.2, 0) is 12.8 Å². The third-order valence-electron chi connectivity index (χ3n) is 1.72. The predicted octanol–water partition coefficient (Wildman–Crippen LogP) is 2.63. The molecule has 1 heterocycles. The van der Waals surface area contributed by atoms with Gasteiger partial charge in [0, 0.05) is 0 Å². The highest BCUT2D eigenvalue weighted by Gasteiger charge is 2.43. The third kappa shape index (κ3) is 3.22. The number of rotatable bonds is 2. The average molecular weight is 279 g/mol. The number of aliphatic hydroxyl groups excluding tert-OH is 1. The van der Waals surface area contributed by atoms with Crippen LogP contribution in [0.1, 0.15) is 11.3 Å². The number of alkyl halides is 6. The fourth-order valence-corrected chi connectivity index (χ4v) is 1.14. The van der Waals surface area contributed by atoms with Crippen molar-refractivity contribution >= 4 is 0 Å². The highest BCUT2D eigenvalue weighted by Crippen LogP contribution is 2.41. The van der Waals surface area contributed by atoms with E-state index in [9.17, 15) is 30.7 Å². The van der Waals surface area contributed by atoms with Crippen molar-refractivity contribution in [3.8, 4) is 5.75 Å². The number of pyridine rings is 1. The van der Waals surface area contributed by atoms with Gasteiger partial charge in [-0.3, -0.25) is 4.98 Å². The predicted molar refractivity (Wildman–Crippen MR) is 41.8 cm³/mol. The van der Waals surface area contributed by atoms with Crippen molar-refractivity contribution in [2.75, 3.05) is 0 Å². The molecule has 0 saturated carbocycles. The monoisotopic (exact) mass is 279 g/mol. The minimum atomic E-state index is -5.51. The Morgan fingerprint density at radius 3 is 2.11 bits per heavy atom. The Kier molecular flexibility index (Phi) is 3.70. The first kappa shape index (κ1) is 14.5. The number of hydrogen-bond acceptors (Lipinski definition) is 3. The number of aliphatic hydroxyl groups is 1. The van der Waals surface area contributed by atoms with E-state index in [2.05, 4.69) is 9.72 Å². The molecular formula is C8H4F7NO2. The van der Waals surface area contributed by atoms with Gasteiger partial charge in [-0.05, 0) is 0 Å². The van der Waals surface area contributed by atoms with E-state index in [1.54, 1.807) is 0 Å². The van der Waals surface area contributed by atoms with E-state index in [1.807, 2.05) is 0 Å². The van der Waals surface area contributed by atoms with Crippen LogP contribution in [0.25, 0.3) is 0 Å². The molecule has 102 valence electrons. The smallest absolute Gasteiger partial charge is 0.402 e. The summed E-state index contributed by atoms with van der Waals surface area (Å²) in [5.74, 6) is -3.99. The van der Waals surface area contributed by atoms with Gasteiger partial charge in [0.1, 0.15) is 5.56 Å². The molecule has 1 N–H and O–H groups in total. The molecule has 0 aliphatic rings. The summed E-state index contributed by atoms with van der Waals surface area (Å²) in [5.41, 5.74) is -3.26. The van der Waals surface area contributed by atoms with Crippen LogP contribution in [-0.4, -0.2) is 16.5 Å². The molecule has 0 amide bonds. The molecule has 0 fully saturated rings. The first-order valence-electron chi connectivity index (χ1n) is 4.17. The van der Waals surface area contributed by atoms with Gasteiger partial charge in [0.15, 0.2) is 11.6 Å². The summed E-state index contributed by atoms with van der Waals surface area (Å²) in [5, 5.41) is 8.57. The van der Waals surface area contributed by atoms with Gasteiger partial charge in [-0.25, -0.2) is 4.39 Å². The van der Waals surface area contributed by atoms with Crippen LogP contribution in [0.5, 0.6) is 5.75 Å². The molecule has 0 aliphatic heterocycles. The van der Waals surface area contributed by atoms with Crippen molar-refractivity contribution in [1.82, 2.24) is 4.98 Å². The maximum Gasteiger partial charge on any atom is 0.573 e. The normalized spacial score (nSPS) is 12.7. The van der Waals surface area contributed by atoms with E-state index in [1.165, 1.54) is 0 Å². The first-order valence-corrected chi connectivity index (χ1v) is 4.17. The molecule has 0 unspecified atom stereocenters. The Labute approximate surface area is 94.8 Å². The Balaban J connectivity index is 3.46. The van der Waals surface area contributed by atoms with E-state index in [4.69, 9.17) is 5.11 Å². The van der Waals surface area contributed by atoms with Crippen LogP contribution >= 0.6 is 0 Å². The van der Waals surface area contributed by atoms with Crippen LogP contribution in [0.4, 0.5) is 30.7 Å². The van der Waals surface area contributed by atoms with Crippen LogP contribution in [0.15, 0.2) is 6.20 Å². The largest absolute Gasteiger partial charge is 0.573 e. The summed E-state index contributed by atoms with van der Waals surface area (Å²) in [6, 6.07) is 0. The highest BCUT2D eigenvalue weighted by atomic mass is 19.4. The Morgan fingerprint density at radius 1 is 1.17 bits per heavy atom. The van der Waals surface area contributed by atoms with E-state index in [0.717, 1.165) is 0 Å². The molecule has 0 atom stereocenters. The number of aromatic nitrogens is 1. The van der Waals surface area contributed by atoms with Crippen molar-refractivity contribution in [3.63, 3.8) is 0 Å². The lowest BCUT2D eigenvalue weighted by atomic mass is 10.1. The van der Waals surface area contributed by atoms with Crippen LogP contribution < -0.4 is 4.74 Å². The summed E-state index contributed by atoms with van der Waals surface area (Å²) in [7, 11) is 0. The molecule has 0 spiro atoms. The lowest BCUT2D eigenvalue weighted by molar-refractivity contribution is -0.277. The lowest BCUT2D eigenvalue weighted by Gasteiger charge is -2.17. The second-order valence-corrected chi connectivity index (χ2v) is 2.96. The summed E-state index contributed by atoms with van der Waals surface area (Å²) in [4.78, 5) is 2.86. The van der Waals surface area contributed by atoms with Crippen LogP contribution in [0.2, 0.25) is 0 Å². The molecule has 18 heavy (non-hydrogen) atoms. The summed E-state index contributed by atoms with van der Waals surface area (Å²) in [6.45, 7) is -1.32. The van der Waals surface area contributed by atoms with E-state index in [-0.39, 0.29) is 6.20 Å². The topological polar surface area (TPSA) is 42.4 Å². The zero-order valence-corrected chi connectivity index (χ0v) is 8.23. The molecular weight excluding hydrogens is 275 g/mol. The van der Waals surface area contributed by atoms with E-state index >= 15 is 0 Å². The van der Waals surface area contributed by atoms with Crippen LogP contribution in [0, 0.1) is 5.82 Å². The summed E-state index contributed by atoms with van der Waals surface area (Å²) < 4.78 is 89.1. The Hall–Kier alpha value is -1.58. The third-order valence-corrected chi connectivity index (χ3v) is 1.72. The van der Waals surface area contributed by atoms with Gasteiger partial charge in [-0.2, -0.15) is 13.2 Å². The highest BCUT2D eigenvalue weighted by molar-refractivity contribution is 5.39. The van der Waals surface area contributed by atoms with Gasteiger partial charge in [0.2, 0.25) is 0 Å². The van der Waals surface area contributed by atoms with E-state index < -0.39 is 42.0 Å². The van der Waals surface area contributed by atoms with E-state index in [0.29, 0.717) is 0 Å². The SMILES string of the molecule is OCc1ncc(F)c(OC(F)(F)F)c1C(F)(F)F. The standard InChI is InChI=1S/C8H4F7NO2/c9-3-1-16-4(2-17)5(7(10,11)12)6(3)18-8(13,14)15/h1,17H,2H2. The number of halogens is 7. The quantitative estimate of drug-likeness (QED) is 0.846. The zero-order chi connectivity index (χ0) is 14.1. The van der Waals surface area contributed by atoms with Crippen molar-refractivity contribution in [2.24, 2.45) is 0 Å². The fraction of sp³-hybridized carbons (Fsp3) is 0.375. The van der Waals surface area contributed by atoms with Gasteiger partial charge >= 0.3 is 12.5 Å². The Bertz CT molecular complexity index is 440. The van der Waals surface area contributed by atoms with Gasteiger partial charge in [-0.1, -0.05) is 0 Å². The maximum absolute atomic E-state index is 13.0. The fourth-order valence-electron chi connectivity index (χ4n) is 1.14. The van der Waals surface area contributed by atoms with Gasteiger partial charge in [0.05, 0.1) is 18.5 Å². The first-order chi connectivity index (χ1) is 8.06. The molecule has 0 bridgehead atoms. The Morgan fingerprint density at radius 2 is 1.72 bits per heavy atom. The van der Waals surface area contributed by atoms with Gasteiger partial charge < -0.3 is 9.84 Å². The van der Waals surface area contributed by atoms with Crippen molar-refractivity contribution < 1.29 is 40.6 Å². The summed E-state index contributed by atoms with van der Waals surface area (Å²) >= 11 is 0. The molecule has 1 aromatic heterocycles. The van der Waals surface area contributed by atoms with Crippen molar-refractivity contribution in [1.29, 1.82) is 0 Å².